The molecular formula is C7H8F8O3. The van der Waals surface area contributed by atoms with Crippen molar-refractivity contribution in [2.75, 3.05) is 6.61 Å². The second kappa shape index (κ2) is 6.16. The third-order valence-corrected chi connectivity index (χ3v) is 1.35. The number of aliphatic hydroxyl groups is 1. The second-order valence-corrected chi connectivity index (χ2v) is 2.88. The minimum atomic E-state index is -6.30. The minimum Gasteiger partial charge on any atom is -0.481 e. The number of aliphatic carboxylic acids is 1. The average molecular weight is 292 g/mol. The Labute approximate surface area is 95.0 Å². The van der Waals surface area contributed by atoms with Gasteiger partial charge in [-0.15, -0.1) is 0 Å². The van der Waals surface area contributed by atoms with E-state index in [1.54, 1.807) is 0 Å². The molecular weight excluding hydrogens is 284 g/mol. The maximum absolute atomic E-state index is 12.1. The summed E-state index contributed by atoms with van der Waals surface area (Å²) in [4.78, 5) is 9.00. The van der Waals surface area contributed by atoms with Crippen LogP contribution in [0.25, 0.3) is 0 Å². The molecule has 0 aliphatic carbocycles. The number of rotatable bonds is 4. The van der Waals surface area contributed by atoms with Gasteiger partial charge in [0, 0.05) is 6.92 Å². The zero-order valence-electron chi connectivity index (χ0n) is 8.61. The predicted octanol–water partition coefficient (Wildman–Crippen LogP) is 2.24. The molecule has 110 valence electrons. The van der Waals surface area contributed by atoms with Gasteiger partial charge in [0.1, 0.15) is 6.61 Å². The Morgan fingerprint density at radius 2 is 1.39 bits per heavy atom. The van der Waals surface area contributed by atoms with E-state index in [1.807, 2.05) is 0 Å². The van der Waals surface area contributed by atoms with Crippen LogP contribution in [0.1, 0.15) is 6.92 Å². The van der Waals surface area contributed by atoms with E-state index < -0.39 is 36.8 Å². The molecule has 0 aliphatic rings. The van der Waals surface area contributed by atoms with Crippen molar-refractivity contribution in [3.05, 3.63) is 0 Å². The molecule has 0 heterocycles. The fraction of sp³-hybridized carbons (Fsp3) is 0.857. The van der Waals surface area contributed by atoms with Crippen LogP contribution in [0.15, 0.2) is 0 Å². The molecule has 0 saturated carbocycles. The summed E-state index contributed by atoms with van der Waals surface area (Å²) in [5, 5.41) is 15.1. The monoisotopic (exact) mass is 292 g/mol. The van der Waals surface area contributed by atoms with Gasteiger partial charge in [0.25, 0.3) is 5.97 Å². The Balaban J connectivity index is 0. The predicted molar refractivity (Wildman–Crippen MR) is 41.2 cm³/mol. The van der Waals surface area contributed by atoms with E-state index in [9.17, 15) is 35.1 Å². The molecule has 0 bridgehead atoms. The highest BCUT2D eigenvalue weighted by molar-refractivity contribution is 5.62. The highest BCUT2D eigenvalue weighted by atomic mass is 19.4. The number of hydrogen-bond donors (Lipinski definition) is 2. The SMILES string of the molecule is CC(=O)O.OCC(F)(F)C(F)(F)C(F)(F)C(F)F. The smallest absolute Gasteiger partial charge is 0.380 e. The van der Waals surface area contributed by atoms with E-state index >= 15 is 0 Å². The van der Waals surface area contributed by atoms with Crippen LogP contribution in [0.2, 0.25) is 0 Å². The number of hydrogen-bond acceptors (Lipinski definition) is 2. The van der Waals surface area contributed by atoms with Crippen LogP contribution in [-0.4, -0.2) is 47.0 Å². The maximum Gasteiger partial charge on any atom is 0.380 e. The van der Waals surface area contributed by atoms with Gasteiger partial charge in [-0.1, -0.05) is 0 Å². The summed E-state index contributed by atoms with van der Waals surface area (Å²) in [6.07, 6.45) is -4.95. The van der Waals surface area contributed by atoms with Gasteiger partial charge < -0.3 is 10.2 Å². The maximum atomic E-state index is 12.1. The lowest BCUT2D eigenvalue weighted by Gasteiger charge is -2.30. The summed E-state index contributed by atoms with van der Waals surface area (Å²) in [5.41, 5.74) is 0. The number of carboxylic acids is 1. The zero-order valence-corrected chi connectivity index (χ0v) is 8.61. The molecule has 0 radical (unpaired) electrons. The number of carbonyl (C=O) groups is 1. The first-order chi connectivity index (χ1) is 7.74. The van der Waals surface area contributed by atoms with Crippen LogP contribution in [0.4, 0.5) is 35.1 Å². The normalized spacial score (nSPS) is 13.1. The van der Waals surface area contributed by atoms with Crippen LogP contribution in [0, 0.1) is 0 Å². The molecule has 0 fully saturated rings. The van der Waals surface area contributed by atoms with Crippen molar-refractivity contribution in [2.24, 2.45) is 0 Å². The van der Waals surface area contributed by atoms with Gasteiger partial charge in [-0.25, -0.2) is 8.78 Å². The quantitative estimate of drug-likeness (QED) is 0.781. The van der Waals surface area contributed by atoms with Crippen LogP contribution < -0.4 is 0 Å². The van der Waals surface area contributed by atoms with E-state index in [2.05, 4.69) is 0 Å². The molecule has 0 amide bonds. The lowest BCUT2D eigenvalue weighted by Crippen LogP contribution is -2.58. The van der Waals surface area contributed by atoms with Crippen LogP contribution >= 0.6 is 0 Å². The van der Waals surface area contributed by atoms with Gasteiger partial charge >= 0.3 is 24.2 Å². The molecule has 0 aromatic carbocycles. The van der Waals surface area contributed by atoms with Crippen LogP contribution in [-0.2, 0) is 4.79 Å². The summed E-state index contributed by atoms with van der Waals surface area (Å²) in [5.74, 6) is -18.9. The lowest BCUT2D eigenvalue weighted by atomic mass is 10.1. The average Bonchev–Trinajstić information content (AvgIpc) is 2.15. The fourth-order valence-corrected chi connectivity index (χ4v) is 0.480. The third-order valence-electron chi connectivity index (χ3n) is 1.35. The zero-order chi connectivity index (χ0) is 15.4. The minimum absolute atomic E-state index is 0.833. The van der Waals surface area contributed by atoms with Gasteiger partial charge in [-0.2, -0.15) is 26.3 Å². The molecule has 3 nitrogen and oxygen atoms in total. The van der Waals surface area contributed by atoms with Crippen molar-refractivity contribution >= 4 is 5.97 Å². The van der Waals surface area contributed by atoms with Crippen LogP contribution in [0.5, 0.6) is 0 Å². The third kappa shape index (κ3) is 4.27. The highest BCUT2D eigenvalue weighted by Gasteiger charge is 2.75. The van der Waals surface area contributed by atoms with E-state index in [0.717, 1.165) is 6.92 Å². The molecule has 18 heavy (non-hydrogen) atoms. The largest absolute Gasteiger partial charge is 0.481 e. The van der Waals surface area contributed by atoms with Crippen molar-refractivity contribution in [2.45, 2.75) is 31.1 Å². The van der Waals surface area contributed by atoms with E-state index in [0.29, 0.717) is 0 Å². The molecule has 0 unspecified atom stereocenters. The number of halogens is 8. The summed E-state index contributed by atoms with van der Waals surface area (Å²) in [7, 11) is 0. The molecule has 0 atom stereocenters. The Kier molecular flexibility index (Phi) is 6.57. The first kappa shape index (κ1) is 19.2. The molecule has 0 spiro atoms. The highest BCUT2D eigenvalue weighted by Crippen LogP contribution is 2.48. The fourth-order valence-electron chi connectivity index (χ4n) is 0.480. The molecule has 0 aromatic rings. The summed E-state index contributed by atoms with van der Waals surface area (Å²) >= 11 is 0. The van der Waals surface area contributed by atoms with Crippen molar-refractivity contribution in [1.82, 2.24) is 0 Å². The Morgan fingerprint density at radius 3 is 1.56 bits per heavy atom. The number of carboxylic acid groups (broad SMARTS) is 1. The van der Waals surface area contributed by atoms with Gasteiger partial charge in [-0.05, 0) is 0 Å². The van der Waals surface area contributed by atoms with E-state index in [1.165, 1.54) is 0 Å². The number of alkyl halides is 8. The van der Waals surface area contributed by atoms with Crippen LogP contribution in [0.3, 0.4) is 0 Å². The van der Waals surface area contributed by atoms with Crippen molar-refractivity contribution in [3.8, 4) is 0 Å². The van der Waals surface area contributed by atoms with Gasteiger partial charge in [0.05, 0.1) is 0 Å². The first-order valence-corrected chi connectivity index (χ1v) is 3.96. The molecule has 0 saturated heterocycles. The molecule has 0 aliphatic heterocycles. The van der Waals surface area contributed by atoms with Crippen molar-refractivity contribution in [3.63, 3.8) is 0 Å². The summed E-state index contributed by atoms with van der Waals surface area (Å²) in [6.45, 7) is -1.57. The summed E-state index contributed by atoms with van der Waals surface area (Å²) in [6, 6.07) is 0. The Morgan fingerprint density at radius 1 is 1.11 bits per heavy atom. The van der Waals surface area contributed by atoms with Gasteiger partial charge in [0.15, 0.2) is 0 Å². The molecule has 0 aromatic heterocycles. The van der Waals surface area contributed by atoms with Gasteiger partial charge in [0.2, 0.25) is 0 Å². The second-order valence-electron chi connectivity index (χ2n) is 2.88. The van der Waals surface area contributed by atoms with Gasteiger partial charge in [-0.3, -0.25) is 4.79 Å². The first-order valence-electron chi connectivity index (χ1n) is 3.96. The van der Waals surface area contributed by atoms with Crippen molar-refractivity contribution in [1.29, 1.82) is 0 Å². The molecule has 0 rings (SSSR count). The van der Waals surface area contributed by atoms with E-state index in [-0.39, 0.29) is 0 Å². The molecule has 2 N–H and O–H groups in total. The lowest BCUT2D eigenvalue weighted by molar-refractivity contribution is -0.343. The topological polar surface area (TPSA) is 57.5 Å². The van der Waals surface area contributed by atoms with Crippen molar-refractivity contribution < 1.29 is 50.1 Å². The standard InChI is InChI=1S/C5H4F8O.C2H4O2/c6-2(7)4(10,11)5(12,13)3(8,9)1-14;1-2(3)4/h2,14H,1H2;1H3,(H,3,4). The number of aliphatic hydroxyl groups excluding tert-OH is 1. The Hall–Kier alpha value is -1.13. The molecule has 11 heteroatoms. The summed E-state index contributed by atoms with van der Waals surface area (Å²) < 4.78 is 94.6. The Bertz CT molecular complexity index is 274. The van der Waals surface area contributed by atoms with E-state index in [4.69, 9.17) is 15.0 Å².